The van der Waals surface area contributed by atoms with Gasteiger partial charge in [-0.2, -0.15) is 0 Å². The lowest BCUT2D eigenvalue weighted by molar-refractivity contribution is 0.102. The SMILES string of the molecule is O=C(Nc1ccc(-c2nc3ccccc3[nH]2)cc1)c1cnccn1. The number of anilines is 1. The molecule has 0 fully saturated rings. The van der Waals surface area contributed by atoms with E-state index in [1.54, 1.807) is 0 Å². The van der Waals surface area contributed by atoms with Crippen LogP contribution in [0.4, 0.5) is 5.69 Å². The number of nitrogens with one attached hydrogen (secondary N) is 2. The Morgan fingerprint density at radius 2 is 1.83 bits per heavy atom. The number of rotatable bonds is 3. The number of benzene rings is 2. The van der Waals surface area contributed by atoms with Crippen LogP contribution in [-0.2, 0) is 0 Å². The maximum absolute atomic E-state index is 12.1. The molecule has 0 unspecified atom stereocenters. The fraction of sp³-hybridized carbons (Fsp3) is 0. The van der Waals surface area contributed by atoms with E-state index in [0.29, 0.717) is 5.69 Å². The summed E-state index contributed by atoms with van der Waals surface area (Å²) >= 11 is 0. The topological polar surface area (TPSA) is 83.6 Å². The molecule has 0 aliphatic rings. The van der Waals surface area contributed by atoms with Gasteiger partial charge in [-0.15, -0.1) is 0 Å². The molecule has 116 valence electrons. The first kappa shape index (κ1) is 14.1. The van der Waals surface area contributed by atoms with Crippen molar-refractivity contribution in [1.29, 1.82) is 0 Å². The van der Waals surface area contributed by atoms with Gasteiger partial charge in [0.1, 0.15) is 11.5 Å². The van der Waals surface area contributed by atoms with Crippen molar-refractivity contribution in [1.82, 2.24) is 19.9 Å². The second kappa shape index (κ2) is 5.92. The lowest BCUT2D eigenvalue weighted by Crippen LogP contribution is -2.13. The minimum Gasteiger partial charge on any atom is -0.338 e. The maximum Gasteiger partial charge on any atom is 0.275 e. The molecular formula is C18H13N5O. The first-order chi connectivity index (χ1) is 11.8. The van der Waals surface area contributed by atoms with Crippen molar-refractivity contribution >= 4 is 22.6 Å². The van der Waals surface area contributed by atoms with E-state index in [-0.39, 0.29) is 11.6 Å². The van der Waals surface area contributed by atoms with Crippen LogP contribution in [-0.4, -0.2) is 25.8 Å². The third-order valence-electron chi connectivity index (χ3n) is 3.60. The van der Waals surface area contributed by atoms with Crippen molar-refractivity contribution in [3.8, 4) is 11.4 Å². The van der Waals surface area contributed by atoms with Gasteiger partial charge in [0.05, 0.1) is 17.2 Å². The number of fused-ring (bicyclic) bond motifs is 1. The van der Waals surface area contributed by atoms with Crippen LogP contribution in [0.3, 0.4) is 0 Å². The van der Waals surface area contributed by atoms with Crippen LogP contribution in [0.15, 0.2) is 67.1 Å². The standard InChI is InChI=1S/C18H13N5O/c24-18(16-11-19-9-10-20-16)21-13-7-5-12(6-8-13)17-22-14-3-1-2-4-15(14)23-17/h1-11H,(H,21,24)(H,22,23). The van der Waals surface area contributed by atoms with Gasteiger partial charge in [-0.25, -0.2) is 9.97 Å². The molecule has 0 atom stereocenters. The average molecular weight is 315 g/mol. The molecule has 4 rings (SSSR count). The number of hydrogen-bond acceptors (Lipinski definition) is 4. The fourth-order valence-corrected chi connectivity index (χ4v) is 2.41. The molecule has 1 amide bonds. The average Bonchev–Trinajstić information content (AvgIpc) is 3.07. The summed E-state index contributed by atoms with van der Waals surface area (Å²) in [5, 5.41) is 2.79. The maximum atomic E-state index is 12.1. The van der Waals surface area contributed by atoms with Crippen LogP contribution < -0.4 is 5.32 Å². The van der Waals surface area contributed by atoms with Gasteiger partial charge in [-0.1, -0.05) is 12.1 Å². The summed E-state index contributed by atoms with van der Waals surface area (Å²) in [6.07, 6.45) is 4.44. The van der Waals surface area contributed by atoms with E-state index in [0.717, 1.165) is 22.4 Å². The smallest absolute Gasteiger partial charge is 0.275 e. The van der Waals surface area contributed by atoms with E-state index in [1.165, 1.54) is 18.6 Å². The van der Waals surface area contributed by atoms with Crippen LogP contribution in [0.5, 0.6) is 0 Å². The van der Waals surface area contributed by atoms with E-state index in [4.69, 9.17) is 0 Å². The largest absolute Gasteiger partial charge is 0.338 e. The highest BCUT2D eigenvalue weighted by molar-refractivity contribution is 6.02. The summed E-state index contributed by atoms with van der Waals surface area (Å²) in [5.74, 6) is 0.502. The molecule has 0 aliphatic carbocycles. The summed E-state index contributed by atoms with van der Waals surface area (Å²) in [6.45, 7) is 0. The molecule has 0 aliphatic heterocycles. The summed E-state index contributed by atoms with van der Waals surface area (Å²) in [5.41, 5.74) is 3.83. The Balaban J connectivity index is 1.55. The highest BCUT2D eigenvalue weighted by atomic mass is 16.1. The van der Waals surface area contributed by atoms with Gasteiger partial charge in [0.25, 0.3) is 5.91 Å². The Kier molecular flexibility index (Phi) is 3.47. The second-order valence-corrected chi connectivity index (χ2v) is 5.22. The van der Waals surface area contributed by atoms with Crippen LogP contribution in [0, 0.1) is 0 Å². The predicted octanol–water partition coefficient (Wildman–Crippen LogP) is 3.27. The third kappa shape index (κ3) is 2.72. The molecule has 2 heterocycles. The van der Waals surface area contributed by atoms with Crippen molar-refractivity contribution in [3.05, 3.63) is 72.8 Å². The van der Waals surface area contributed by atoms with Gasteiger partial charge in [-0.05, 0) is 36.4 Å². The van der Waals surface area contributed by atoms with Gasteiger partial charge in [0.15, 0.2) is 0 Å². The molecule has 6 heteroatoms. The number of amides is 1. The molecule has 24 heavy (non-hydrogen) atoms. The summed E-state index contributed by atoms with van der Waals surface area (Å²) < 4.78 is 0. The number of aromatic nitrogens is 4. The molecule has 2 aromatic carbocycles. The Hall–Kier alpha value is -3.54. The minimum absolute atomic E-state index is 0.277. The molecule has 0 spiro atoms. The second-order valence-electron chi connectivity index (χ2n) is 5.22. The number of H-pyrrole nitrogens is 1. The predicted molar refractivity (Wildman–Crippen MR) is 91.5 cm³/mol. The molecule has 2 N–H and O–H groups in total. The van der Waals surface area contributed by atoms with Gasteiger partial charge in [0, 0.05) is 23.6 Å². The van der Waals surface area contributed by atoms with Crippen molar-refractivity contribution in [3.63, 3.8) is 0 Å². The van der Waals surface area contributed by atoms with Crippen molar-refractivity contribution in [2.24, 2.45) is 0 Å². The van der Waals surface area contributed by atoms with Crippen LogP contribution in [0.2, 0.25) is 0 Å². The first-order valence-electron chi connectivity index (χ1n) is 7.42. The minimum atomic E-state index is -0.292. The van der Waals surface area contributed by atoms with Gasteiger partial charge in [-0.3, -0.25) is 9.78 Å². The summed E-state index contributed by atoms with van der Waals surface area (Å²) in [6, 6.07) is 15.3. The quantitative estimate of drug-likeness (QED) is 0.608. The highest BCUT2D eigenvalue weighted by Crippen LogP contribution is 2.22. The number of carbonyl (C=O) groups is 1. The number of hydrogen-bond donors (Lipinski definition) is 2. The van der Waals surface area contributed by atoms with Crippen LogP contribution in [0.25, 0.3) is 22.4 Å². The number of carbonyl (C=O) groups excluding carboxylic acids is 1. The number of para-hydroxylation sites is 2. The van der Waals surface area contributed by atoms with E-state index >= 15 is 0 Å². The summed E-state index contributed by atoms with van der Waals surface area (Å²) in [7, 11) is 0. The fourth-order valence-electron chi connectivity index (χ4n) is 2.41. The van der Waals surface area contributed by atoms with Crippen LogP contribution >= 0.6 is 0 Å². The zero-order valence-electron chi connectivity index (χ0n) is 12.6. The van der Waals surface area contributed by atoms with E-state index in [9.17, 15) is 4.79 Å². The molecule has 0 bridgehead atoms. The Labute approximate surface area is 137 Å². The Morgan fingerprint density at radius 1 is 1.00 bits per heavy atom. The summed E-state index contributed by atoms with van der Waals surface area (Å²) in [4.78, 5) is 27.8. The van der Waals surface area contributed by atoms with Crippen LogP contribution in [0.1, 0.15) is 10.5 Å². The van der Waals surface area contributed by atoms with Gasteiger partial charge < -0.3 is 10.3 Å². The molecule has 6 nitrogen and oxygen atoms in total. The Morgan fingerprint density at radius 3 is 2.58 bits per heavy atom. The molecule has 0 saturated carbocycles. The van der Waals surface area contributed by atoms with Gasteiger partial charge in [0.2, 0.25) is 0 Å². The van der Waals surface area contributed by atoms with E-state index in [2.05, 4.69) is 25.3 Å². The molecule has 2 aromatic heterocycles. The third-order valence-corrected chi connectivity index (χ3v) is 3.60. The van der Waals surface area contributed by atoms with E-state index in [1.807, 2.05) is 48.5 Å². The van der Waals surface area contributed by atoms with E-state index < -0.39 is 0 Å². The van der Waals surface area contributed by atoms with Crippen molar-refractivity contribution < 1.29 is 4.79 Å². The normalized spacial score (nSPS) is 10.7. The lowest BCUT2D eigenvalue weighted by atomic mass is 10.2. The number of aromatic amines is 1. The molecular weight excluding hydrogens is 302 g/mol. The van der Waals surface area contributed by atoms with Crippen molar-refractivity contribution in [2.75, 3.05) is 5.32 Å². The zero-order valence-corrected chi connectivity index (χ0v) is 12.6. The molecule has 0 saturated heterocycles. The Bertz CT molecular complexity index is 960. The zero-order chi connectivity index (χ0) is 16.4. The molecule has 0 radical (unpaired) electrons. The number of imidazole rings is 1. The highest BCUT2D eigenvalue weighted by Gasteiger charge is 2.08. The molecule has 4 aromatic rings. The first-order valence-corrected chi connectivity index (χ1v) is 7.42. The van der Waals surface area contributed by atoms with Gasteiger partial charge >= 0.3 is 0 Å². The monoisotopic (exact) mass is 315 g/mol. The lowest BCUT2D eigenvalue weighted by Gasteiger charge is -2.05. The number of nitrogens with zero attached hydrogens (tertiary/aromatic N) is 3. The van der Waals surface area contributed by atoms with Crippen molar-refractivity contribution in [2.45, 2.75) is 0 Å².